The van der Waals surface area contributed by atoms with Crippen molar-refractivity contribution < 1.29 is 37.7 Å². The van der Waals surface area contributed by atoms with Crippen molar-refractivity contribution in [2.75, 3.05) is 0 Å². The van der Waals surface area contributed by atoms with Gasteiger partial charge in [0.25, 0.3) is 0 Å². The maximum absolute atomic E-state index is 11.9. The number of ether oxygens (including phenoxy) is 2. The molecule has 0 radical (unpaired) electrons. The molecular weight excluding hydrogens is 266 g/mol. The van der Waals surface area contributed by atoms with Gasteiger partial charge in [0.2, 0.25) is 0 Å². The van der Waals surface area contributed by atoms with E-state index < -0.39 is 30.9 Å². The number of hydrogen-bond donors (Lipinski definition) is 1. The minimum Gasteiger partial charge on any atom is -0.481 e. The van der Waals surface area contributed by atoms with Crippen LogP contribution in [0, 0.1) is 0 Å². The third kappa shape index (κ3) is 5.11. The molecule has 19 heavy (non-hydrogen) atoms. The topological polar surface area (TPSA) is 89.9 Å². The number of hydrogen-bond acceptors (Lipinski definition) is 5. The Kier molecular flexibility index (Phi) is 4.92. The molecule has 0 aliphatic carbocycles. The smallest absolute Gasteiger partial charge is 0.387 e. The first-order valence-corrected chi connectivity index (χ1v) is 4.90. The summed E-state index contributed by atoms with van der Waals surface area (Å²) in [4.78, 5) is 32.5. The predicted molar refractivity (Wildman–Crippen MR) is 55.7 cm³/mol. The molecule has 1 rings (SSSR count). The van der Waals surface area contributed by atoms with Crippen LogP contribution in [0.3, 0.4) is 0 Å². The first-order valence-electron chi connectivity index (χ1n) is 4.90. The Morgan fingerprint density at radius 1 is 1.26 bits per heavy atom. The largest absolute Gasteiger partial charge is 0.481 e. The number of alkyl halides is 2. The van der Waals surface area contributed by atoms with E-state index in [4.69, 9.17) is 5.11 Å². The summed E-state index contributed by atoms with van der Waals surface area (Å²) in [6.07, 6.45) is -0.973. The molecule has 1 N–H and O–H groups in total. The van der Waals surface area contributed by atoms with E-state index in [0.29, 0.717) is 0 Å². The fourth-order valence-corrected chi connectivity index (χ4v) is 1.12. The average molecular weight is 274 g/mol. The molecule has 1 aromatic carbocycles. The maximum atomic E-state index is 11.9. The molecule has 8 heteroatoms. The Bertz CT molecular complexity index is 500. The summed E-state index contributed by atoms with van der Waals surface area (Å²) in [7, 11) is 0. The van der Waals surface area contributed by atoms with Gasteiger partial charge in [0.15, 0.2) is 0 Å². The number of esters is 2. The van der Waals surface area contributed by atoms with Gasteiger partial charge in [-0.2, -0.15) is 8.78 Å². The molecule has 102 valence electrons. The molecule has 0 spiro atoms. The van der Waals surface area contributed by atoms with Gasteiger partial charge in [-0.1, -0.05) is 6.07 Å². The molecule has 6 nitrogen and oxygen atoms in total. The Hall–Kier alpha value is -2.51. The van der Waals surface area contributed by atoms with E-state index in [1.807, 2.05) is 0 Å². The van der Waals surface area contributed by atoms with Gasteiger partial charge in [-0.25, -0.2) is 4.79 Å². The minimum atomic E-state index is -3.06. The molecule has 1 aromatic rings. The Balaban J connectivity index is 2.71. The van der Waals surface area contributed by atoms with Crippen molar-refractivity contribution >= 4 is 17.9 Å². The summed E-state index contributed by atoms with van der Waals surface area (Å²) >= 11 is 0. The Morgan fingerprint density at radius 2 is 1.95 bits per heavy atom. The number of carboxylic acid groups (broad SMARTS) is 1. The van der Waals surface area contributed by atoms with E-state index >= 15 is 0 Å². The fourth-order valence-electron chi connectivity index (χ4n) is 1.12. The summed E-state index contributed by atoms with van der Waals surface area (Å²) in [5.41, 5.74) is -0.211. The Labute approximate surface area is 105 Å². The highest BCUT2D eigenvalue weighted by atomic mass is 19.3. The van der Waals surface area contributed by atoms with Crippen molar-refractivity contribution in [2.24, 2.45) is 0 Å². The number of carboxylic acids is 1. The number of rotatable bonds is 5. The highest BCUT2D eigenvalue weighted by molar-refractivity contribution is 6.01. The second-order valence-electron chi connectivity index (χ2n) is 3.24. The average Bonchev–Trinajstić information content (AvgIpc) is 2.27. The molecule has 0 unspecified atom stereocenters. The standard InChI is InChI=1S/C11H8F2O6/c12-11(13)18-7-3-1-2-6(4-7)10(17)19-9(16)5-8(14)15/h1-4,11H,5H2,(H,14,15). The molecule has 0 aliphatic heterocycles. The second kappa shape index (κ2) is 6.43. The van der Waals surface area contributed by atoms with Crippen LogP contribution in [-0.4, -0.2) is 29.6 Å². The molecule has 0 aliphatic rings. The first kappa shape index (κ1) is 14.6. The zero-order valence-corrected chi connectivity index (χ0v) is 9.34. The van der Waals surface area contributed by atoms with Crippen LogP contribution < -0.4 is 4.74 Å². The zero-order chi connectivity index (χ0) is 14.4. The van der Waals surface area contributed by atoms with Crippen molar-refractivity contribution in [1.82, 2.24) is 0 Å². The van der Waals surface area contributed by atoms with Crippen LogP contribution in [0.2, 0.25) is 0 Å². The summed E-state index contributed by atoms with van der Waals surface area (Å²) < 4.78 is 32.2. The van der Waals surface area contributed by atoms with Crippen LogP contribution in [0.1, 0.15) is 16.8 Å². The summed E-state index contributed by atoms with van der Waals surface area (Å²) in [6, 6.07) is 4.58. The highest BCUT2D eigenvalue weighted by Crippen LogP contribution is 2.16. The summed E-state index contributed by atoms with van der Waals surface area (Å²) in [6.45, 7) is -3.06. The third-order valence-electron chi connectivity index (χ3n) is 1.80. The van der Waals surface area contributed by atoms with Crippen molar-refractivity contribution in [3.63, 3.8) is 0 Å². The van der Waals surface area contributed by atoms with E-state index in [1.54, 1.807) is 0 Å². The lowest BCUT2D eigenvalue weighted by Gasteiger charge is -2.06. The summed E-state index contributed by atoms with van der Waals surface area (Å²) in [5.74, 6) is -4.13. The monoisotopic (exact) mass is 274 g/mol. The molecule has 0 fully saturated rings. The van der Waals surface area contributed by atoms with Gasteiger partial charge in [0, 0.05) is 0 Å². The quantitative estimate of drug-likeness (QED) is 0.645. The van der Waals surface area contributed by atoms with Gasteiger partial charge in [-0.05, 0) is 18.2 Å². The predicted octanol–water partition coefficient (Wildman–Crippen LogP) is 1.45. The van der Waals surface area contributed by atoms with E-state index in [1.165, 1.54) is 18.2 Å². The van der Waals surface area contributed by atoms with E-state index in [0.717, 1.165) is 6.07 Å². The van der Waals surface area contributed by atoms with Gasteiger partial charge in [0.05, 0.1) is 5.56 Å². The molecule has 0 amide bonds. The lowest BCUT2D eigenvalue weighted by atomic mass is 10.2. The number of benzene rings is 1. The number of carbonyl (C=O) groups is 3. The highest BCUT2D eigenvalue weighted by Gasteiger charge is 2.16. The normalized spacial score (nSPS) is 10.1. The molecule has 0 bridgehead atoms. The lowest BCUT2D eigenvalue weighted by molar-refractivity contribution is -0.147. The molecule has 0 atom stereocenters. The molecule has 0 saturated carbocycles. The third-order valence-corrected chi connectivity index (χ3v) is 1.80. The number of carbonyl (C=O) groups excluding carboxylic acids is 2. The lowest BCUT2D eigenvalue weighted by Crippen LogP contribution is -2.16. The van der Waals surface area contributed by atoms with Crippen molar-refractivity contribution in [3.8, 4) is 5.75 Å². The van der Waals surface area contributed by atoms with E-state index in [9.17, 15) is 23.2 Å². The van der Waals surface area contributed by atoms with Crippen LogP contribution in [0.25, 0.3) is 0 Å². The first-order chi connectivity index (χ1) is 8.88. The SMILES string of the molecule is O=C(O)CC(=O)OC(=O)c1cccc(OC(F)F)c1. The van der Waals surface area contributed by atoms with Crippen molar-refractivity contribution in [1.29, 1.82) is 0 Å². The molecule has 0 saturated heterocycles. The van der Waals surface area contributed by atoms with Crippen LogP contribution >= 0.6 is 0 Å². The van der Waals surface area contributed by atoms with E-state index in [2.05, 4.69) is 9.47 Å². The fraction of sp³-hybridized carbons (Fsp3) is 0.182. The summed E-state index contributed by atoms with van der Waals surface area (Å²) in [5, 5.41) is 8.30. The van der Waals surface area contributed by atoms with Gasteiger partial charge < -0.3 is 14.6 Å². The van der Waals surface area contributed by atoms with Gasteiger partial charge in [-0.15, -0.1) is 0 Å². The molecule has 0 aromatic heterocycles. The zero-order valence-electron chi connectivity index (χ0n) is 9.34. The van der Waals surface area contributed by atoms with Crippen LogP contribution in [0.4, 0.5) is 8.78 Å². The van der Waals surface area contributed by atoms with Gasteiger partial charge in [0.1, 0.15) is 12.2 Å². The Morgan fingerprint density at radius 3 is 2.53 bits per heavy atom. The van der Waals surface area contributed by atoms with Gasteiger partial charge in [-0.3, -0.25) is 9.59 Å². The van der Waals surface area contributed by atoms with Crippen molar-refractivity contribution in [3.05, 3.63) is 29.8 Å². The molecule has 0 heterocycles. The van der Waals surface area contributed by atoms with Crippen molar-refractivity contribution in [2.45, 2.75) is 13.0 Å². The number of halogens is 2. The maximum Gasteiger partial charge on any atom is 0.387 e. The molecular formula is C11H8F2O6. The van der Waals surface area contributed by atoms with Crippen LogP contribution in [0.5, 0.6) is 5.75 Å². The van der Waals surface area contributed by atoms with Gasteiger partial charge >= 0.3 is 24.5 Å². The van der Waals surface area contributed by atoms with E-state index in [-0.39, 0.29) is 11.3 Å². The number of aliphatic carboxylic acids is 1. The second-order valence-corrected chi connectivity index (χ2v) is 3.24. The van der Waals surface area contributed by atoms with Crippen LogP contribution in [-0.2, 0) is 14.3 Å². The minimum absolute atomic E-state index is 0.211. The van der Waals surface area contributed by atoms with Crippen LogP contribution in [0.15, 0.2) is 24.3 Å².